The van der Waals surface area contributed by atoms with Crippen LogP contribution in [0.1, 0.15) is 29.8 Å². The summed E-state index contributed by atoms with van der Waals surface area (Å²) in [6.45, 7) is 4.50. The number of furan rings is 1. The van der Waals surface area contributed by atoms with Crippen LogP contribution in [0.25, 0.3) is 17.2 Å². The molecule has 1 aromatic carbocycles. The van der Waals surface area contributed by atoms with Crippen molar-refractivity contribution < 1.29 is 9.21 Å². The van der Waals surface area contributed by atoms with E-state index in [1.807, 2.05) is 49.1 Å². The van der Waals surface area contributed by atoms with E-state index in [2.05, 4.69) is 26.0 Å². The van der Waals surface area contributed by atoms with E-state index in [0.717, 1.165) is 5.56 Å². The molecule has 0 fully saturated rings. The van der Waals surface area contributed by atoms with Crippen molar-refractivity contribution in [3.63, 3.8) is 0 Å². The number of amides is 1. The third kappa shape index (κ3) is 3.88. The predicted octanol–water partition coefficient (Wildman–Crippen LogP) is 4.38. The van der Waals surface area contributed by atoms with Gasteiger partial charge < -0.3 is 15.1 Å². The Balaban J connectivity index is 1.69. The van der Waals surface area contributed by atoms with Crippen LogP contribution in [0.5, 0.6) is 0 Å². The summed E-state index contributed by atoms with van der Waals surface area (Å²) in [5, 5.41) is 4.39. The third-order valence-electron chi connectivity index (χ3n) is 4.59. The molecule has 4 rings (SSSR count). The molecule has 0 aliphatic heterocycles. The number of carbonyl (C=O) groups excluding carboxylic acids is 1. The highest BCUT2D eigenvalue weighted by molar-refractivity contribution is 9.10. The molecule has 29 heavy (non-hydrogen) atoms. The van der Waals surface area contributed by atoms with Crippen molar-refractivity contribution in [3.05, 3.63) is 70.4 Å². The minimum atomic E-state index is -0.108. The van der Waals surface area contributed by atoms with Crippen molar-refractivity contribution in [1.29, 1.82) is 0 Å². The molecule has 8 heteroatoms. The van der Waals surface area contributed by atoms with Gasteiger partial charge in [0.1, 0.15) is 5.82 Å². The van der Waals surface area contributed by atoms with Crippen molar-refractivity contribution in [3.8, 4) is 11.6 Å². The number of carbonyl (C=O) groups is 1. The highest BCUT2D eigenvalue weighted by atomic mass is 79.9. The number of hydrogen-bond donors (Lipinski definition) is 1. The Morgan fingerprint density at radius 1 is 1.21 bits per heavy atom. The molecule has 2 N–H and O–H groups in total. The van der Waals surface area contributed by atoms with Crippen LogP contribution >= 0.6 is 15.9 Å². The molecule has 3 aromatic heterocycles. The first-order chi connectivity index (χ1) is 13.9. The number of rotatable bonds is 5. The normalized spacial score (nSPS) is 11.3. The van der Waals surface area contributed by atoms with E-state index in [0.29, 0.717) is 39.8 Å². The molecule has 0 aliphatic carbocycles. The number of hydrogen-bond acceptors (Lipinski definition) is 5. The molecule has 0 aliphatic rings. The summed E-state index contributed by atoms with van der Waals surface area (Å²) in [4.78, 5) is 19.5. The van der Waals surface area contributed by atoms with Crippen LogP contribution < -0.4 is 5.73 Å². The summed E-state index contributed by atoms with van der Waals surface area (Å²) < 4.78 is 7.60. The summed E-state index contributed by atoms with van der Waals surface area (Å²) in [5.41, 5.74) is 8.19. The Kier molecular flexibility index (Phi) is 5.10. The molecule has 0 radical (unpaired) electrons. The zero-order valence-electron chi connectivity index (χ0n) is 16.0. The Labute approximate surface area is 176 Å². The molecule has 4 aromatic rings. The lowest BCUT2D eigenvalue weighted by molar-refractivity contribution is 0.0690. The number of nitrogens with zero attached hydrogens (tertiary/aromatic N) is 4. The van der Waals surface area contributed by atoms with Crippen LogP contribution in [0.4, 0.5) is 5.82 Å². The van der Waals surface area contributed by atoms with Gasteiger partial charge in [-0.15, -0.1) is 5.10 Å². The van der Waals surface area contributed by atoms with Gasteiger partial charge in [0.15, 0.2) is 16.1 Å². The fourth-order valence-electron chi connectivity index (χ4n) is 3.11. The molecule has 0 saturated carbocycles. The van der Waals surface area contributed by atoms with Gasteiger partial charge in [-0.25, -0.2) is 4.98 Å². The lowest BCUT2D eigenvalue weighted by Crippen LogP contribution is -2.36. The first-order valence-electron chi connectivity index (χ1n) is 9.19. The number of aromatic nitrogens is 3. The lowest BCUT2D eigenvalue weighted by atomic mass is 10.1. The number of fused-ring (bicyclic) bond motifs is 1. The first-order valence-corrected chi connectivity index (χ1v) is 9.98. The lowest BCUT2D eigenvalue weighted by Gasteiger charge is -2.27. The summed E-state index contributed by atoms with van der Waals surface area (Å²) in [5.74, 6) is 1.14. The zero-order chi connectivity index (χ0) is 20.5. The third-order valence-corrected chi connectivity index (χ3v) is 5.01. The van der Waals surface area contributed by atoms with E-state index in [4.69, 9.17) is 10.2 Å². The largest absolute Gasteiger partial charge is 0.446 e. The van der Waals surface area contributed by atoms with Gasteiger partial charge in [-0.1, -0.05) is 30.3 Å². The van der Waals surface area contributed by atoms with Crippen molar-refractivity contribution in [2.75, 3.05) is 5.73 Å². The second kappa shape index (κ2) is 7.71. The van der Waals surface area contributed by atoms with Gasteiger partial charge in [0.05, 0.1) is 0 Å². The van der Waals surface area contributed by atoms with Crippen LogP contribution in [0.15, 0.2) is 63.7 Å². The Morgan fingerprint density at radius 2 is 1.97 bits per heavy atom. The van der Waals surface area contributed by atoms with Gasteiger partial charge in [-0.2, -0.15) is 4.52 Å². The van der Waals surface area contributed by atoms with Gasteiger partial charge in [-0.05, 0) is 59.6 Å². The van der Waals surface area contributed by atoms with Gasteiger partial charge in [-0.3, -0.25) is 4.79 Å². The van der Waals surface area contributed by atoms with E-state index in [-0.39, 0.29) is 11.9 Å². The number of benzene rings is 1. The topological polar surface area (TPSA) is 89.7 Å². The Bertz CT molecular complexity index is 1170. The van der Waals surface area contributed by atoms with Crippen molar-refractivity contribution in [2.45, 2.75) is 26.4 Å². The van der Waals surface area contributed by atoms with Crippen LogP contribution in [0.2, 0.25) is 0 Å². The minimum absolute atomic E-state index is 0.0223. The van der Waals surface area contributed by atoms with E-state index in [1.165, 1.54) is 4.52 Å². The van der Waals surface area contributed by atoms with Crippen molar-refractivity contribution in [2.24, 2.45) is 0 Å². The molecule has 1 amide bonds. The van der Waals surface area contributed by atoms with Crippen LogP contribution in [-0.4, -0.2) is 31.4 Å². The van der Waals surface area contributed by atoms with Crippen molar-refractivity contribution in [1.82, 2.24) is 19.5 Å². The molecule has 0 unspecified atom stereocenters. The van der Waals surface area contributed by atoms with E-state index in [9.17, 15) is 4.79 Å². The average Bonchev–Trinajstić information content (AvgIpc) is 3.32. The molecule has 3 heterocycles. The molecular formula is C21H20BrN5O2. The second-order valence-corrected chi connectivity index (χ2v) is 7.77. The number of nitrogens with two attached hydrogens (primary N) is 1. The minimum Gasteiger partial charge on any atom is -0.446 e. The summed E-state index contributed by atoms with van der Waals surface area (Å²) in [6, 6.07) is 16.8. The number of halogens is 1. The number of nitrogen functional groups attached to an aromatic ring is 1. The summed E-state index contributed by atoms with van der Waals surface area (Å²) in [6.07, 6.45) is 0. The standard InChI is InChI=1S/C21H20BrN5O2/c1-13(2)26(12-14-6-4-3-5-7-14)21(28)15-10-18(23)27-19(11-15)24-20(25-27)16-8-9-17(22)29-16/h3-11,13H,12,23H2,1-2H3. The van der Waals surface area contributed by atoms with E-state index < -0.39 is 0 Å². The molecule has 148 valence electrons. The molecule has 7 nitrogen and oxygen atoms in total. The van der Waals surface area contributed by atoms with E-state index in [1.54, 1.807) is 24.3 Å². The summed E-state index contributed by atoms with van der Waals surface area (Å²) in [7, 11) is 0. The maximum atomic E-state index is 13.3. The molecule has 0 atom stereocenters. The Hall–Kier alpha value is -3.13. The van der Waals surface area contributed by atoms with Gasteiger partial charge in [0, 0.05) is 18.2 Å². The predicted molar refractivity (Wildman–Crippen MR) is 114 cm³/mol. The van der Waals surface area contributed by atoms with Gasteiger partial charge in [0.25, 0.3) is 5.91 Å². The highest BCUT2D eigenvalue weighted by Crippen LogP contribution is 2.24. The molecule has 0 spiro atoms. The quantitative estimate of drug-likeness (QED) is 0.483. The fourth-order valence-corrected chi connectivity index (χ4v) is 3.41. The maximum absolute atomic E-state index is 13.3. The number of pyridine rings is 1. The van der Waals surface area contributed by atoms with Gasteiger partial charge in [0.2, 0.25) is 5.82 Å². The highest BCUT2D eigenvalue weighted by Gasteiger charge is 2.21. The van der Waals surface area contributed by atoms with Gasteiger partial charge >= 0.3 is 0 Å². The van der Waals surface area contributed by atoms with Crippen LogP contribution in [-0.2, 0) is 6.54 Å². The maximum Gasteiger partial charge on any atom is 0.254 e. The molecule has 0 bridgehead atoms. The smallest absolute Gasteiger partial charge is 0.254 e. The summed E-state index contributed by atoms with van der Waals surface area (Å²) >= 11 is 3.27. The van der Waals surface area contributed by atoms with Crippen LogP contribution in [0, 0.1) is 0 Å². The first kappa shape index (κ1) is 19.2. The van der Waals surface area contributed by atoms with E-state index >= 15 is 0 Å². The monoisotopic (exact) mass is 453 g/mol. The van der Waals surface area contributed by atoms with Crippen molar-refractivity contribution >= 4 is 33.3 Å². The molecule has 0 saturated heterocycles. The second-order valence-electron chi connectivity index (χ2n) is 6.99. The fraction of sp³-hybridized carbons (Fsp3) is 0.190. The average molecular weight is 454 g/mol. The SMILES string of the molecule is CC(C)N(Cc1ccccc1)C(=O)c1cc(N)n2nc(-c3ccc(Br)o3)nc2c1. The number of anilines is 1. The zero-order valence-corrected chi connectivity index (χ0v) is 17.6. The molecular weight excluding hydrogens is 434 g/mol. The Morgan fingerprint density at radius 3 is 2.62 bits per heavy atom. The van der Waals surface area contributed by atoms with Crippen LogP contribution in [0.3, 0.4) is 0 Å².